The minimum atomic E-state index is -1.97. The van der Waals surface area contributed by atoms with Gasteiger partial charge in [0, 0.05) is 95.6 Å². The average Bonchev–Trinajstić information content (AvgIpc) is 1.35. The number of aromatic hydroxyl groups is 2. The predicted octanol–water partition coefficient (Wildman–Crippen LogP) is -0.0297. The summed E-state index contributed by atoms with van der Waals surface area (Å²) in [6.45, 7) is 2.60. The number of halogens is 3. The number of phenolic OH excluding ortho intramolecular Hbond substituents is 2. The van der Waals surface area contributed by atoms with E-state index in [0.717, 1.165) is 31.5 Å². The third kappa shape index (κ3) is 28.7. The fourth-order valence-corrected chi connectivity index (χ4v) is 16.9. The standard InChI is InChI=1S/C91H114F3N17O22S/c1-7-8-19-69-90(131)110-33-14-20-68(110)84(125)104-65(43-76(118)119)83(124)106-78(49(2)3)91(132)108(5)70(40-50-15-10-9-11-16-50)85(126)101-62(31-32-95)88(129)111-34-35-133-46-72(111)86(127)103-64(42-54-44-97-60-18-13-12-17-57(54)60)82(123)102-63(38-51-21-25-55(112)26-22-51)81(122)100-61(29-30-75(116)117)80(121)105-67(79(120)98-45-73(96)114)47-134-48-74(115)99-66(39-53-36-58(92)77(94)59(93)37-53)87(128)109(6)71(89(130)107(69)4)41-52-23-27-56(113)28-24-52/h9-13,15-18,21-28,36-37,44,49,61-72,78,97,112-113H,7-8,14,19-20,29-35,38-43,45-48,95H2,1-6H3,(H2,96,114)(H,98,120)(H,99,115)(H,100,122)(H,101,126)(H,102,123)(H,103,127)(H,104,125)(H,105,121)(H,106,124)(H,116,117)(H,118,119)/t61-,62-,63-,64+,65-,66-,67-,68+,69-,70-,71-,72+,78+/m0/s1. The summed E-state index contributed by atoms with van der Waals surface area (Å²) in [6.07, 6.45) is -3.12. The molecule has 15 amide bonds. The molecule has 43 heteroatoms. The second kappa shape index (κ2) is 49.1. The molecule has 6 aromatic rings. The number of likely N-dealkylation sites (N-methyl/N-ethyl adjacent to an activating group) is 3. The highest BCUT2D eigenvalue weighted by molar-refractivity contribution is 8.00. The summed E-state index contributed by atoms with van der Waals surface area (Å²) >= 11 is 0.566. The molecule has 4 heterocycles. The van der Waals surface area contributed by atoms with Crippen molar-refractivity contribution in [1.82, 2.24) is 77.3 Å². The van der Waals surface area contributed by atoms with Crippen LogP contribution in [0.25, 0.3) is 10.9 Å². The Kier molecular flexibility index (Phi) is 38.1. The van der Waals surface area contributed by atoms with E-state index in [1.807, 2.05) is 0 Å². The average molecular weight is 1890 g/mol. The fraction of sp³-hybridized carbons (Fsp3) is 0.462. The topological polar surface area (TPSA) is 573 Å². The van der Waals surface area contributed by atoms with Gasteiger partial charge in [-0.15, -0.1) is 11.8 Å². The Bertz CT molecular complexity index is 5230. The van der Waals surface area contributed by atoms with Crippen LogP contribution >= 0.6 is 11.8 Å². The highest BCUT2D eigenvalue weighted by Crippen LogP contribution is 2.28. The van der Waals surface area contributed by atoms with E-state index in [9.17, 15) is 63.2 Å². The molecule has 0 saturated carbocycles. The lowest BCUT2D eigenvalue weighted by Crippen LogP contribution is -2.64. The van der Waals surface area contributed by atoms with Crippen molar-refractivity contribution in [3.8, 4) is 11.5 Å². The first-order valence-corrected chi connectivity index (χ1v) is 44.9. The second-order valence-corrected chi connectivity index (χ2v) is 34.5. The largest absolute Gasteiger partial charge is 0.508 e. The Hall–Kier alpha value is -13.7. The molecule has 0 radical (unpaired) electrons. The molecule has 722 valence electrons. The third-order valence-electron chi connectivity index (χ3n) is 23.4. The van der Waals surface area contributed by atoms with Gasteiger partial charge in [-0.2, -0.15) is 0 Å². The maximum atomic E-state index is 15.7. The van der Waals surface area contributed by atoms with Crippen LogP contribution in [0.2, 0.25) is 0 Å². The zero-order chi connectivity index (χ0) is 97.9. The smallest absolute Gasteiger partial charge is 0.305 e. The van der Waals surface area contributed by atoms with E-state index < -0.39 is 271 Å². The Balaban J connectivity index is 1.14. The maximum Gasteiger partial charge on any atom is 0.305 e. The number of aromatic nitrogens is 1. The number of primary amides is 1. The number of hydrogen-bond acceptors (Lipinski definition) is 22. The number of unbranched alkanes of at least 4 members (excludes halogenated alkanes) is 1. The number of ether oxygens (including phenoxy) is 1. The molecule has 13 atom stereocenters. The van der Waals surface area contributed by atoms with Crippen LogP contribution in [0.4, 0.5) is 13.2 Å². The molecule has 3 saturated heterocycles. The number of fused-ring (bicyclic) bond motifs is 3. The highest BCUT2D eigenvalue weighted by atomic mass is 32.2. The van der Waals surface area contributed by atoms with Crippen molar-refractivity contribution in [3.05, 3.63) is 167 Å². The number of H-pyrrole nitrogens is 1. The van der Waals surface area contributed by atoms with E-state index >= 15 is 51.9 Å². The van der Waals surface area contributed by atoms with Gasteiger partial charge in [-0.25, -0.2) is 13.2 Å². The first-order valence-electron chi connectivity index (χ1n) is 43.7. The van der Waals surface area contributed by atoms with Crippen LogP contribution in [0.1, 0.15) is 106 Å². The first kappa shape index (κ1) is 104. The van der Waals surface area contributed by atoms with E-state index in [4.69, 9.17) is 16.2 Å². The molecule has 5 aromatic carbocycles. The molecule has 39 nitrogen and oxygen atoms in total. The zero-order valence-corrected chi connectivity index (χ0v) is 75.6. The van der Waals surface area contributed by atoms with Gasteiger partial charge < -0.3 is 114 Å². The molecule has 3 aliphatic heterocycles. The molecule has 3 aliphatic rings. The van der Waals surface area contributed by atoms with Crippen molar-refractivity contribution in [3.63, 3.8) is 0 Å². The summed E-state index contributed by atoms with van der Waals surface area (Å²) in [6, 6.07) is 4.61. The van der Waals surface area contributed by atoms with E-state index in [2.05, 4.69) is 52.8 Å². The van der Waals surface area contributed by atoms with Crippen molar-refractivity contribution in [2.45, 2.75) is 189 Å². The van der Waals surface area contributed by atoms with Gasteiger partial charge in [0.25, 0.3) is 0 Å². The number of amides is 15. The number of carbonyl (C=O) groups excluding carboxylic acids is 15. The Labute approximate surface area is 773 Å². The van der Waals surface area contributed by atoms with Gasteiger partial charge in [0.15, 0.2) is 17.5 Å². The lowest BCUT2D eigenvalue weighted by atomic mass is 9.98. The number of para-hydroxylation sites is 1. The van der Waals surface area contributed by atoms with Crippen molar-refractivity contribution >= 4 is 123 Å². The van der Waals surface area contributed by atoms with Gasteiger partial charge in [-0.3, -0.25) is 81.5 Å². The lowest BCUT2D eigenvalue weighted by molar-refractivity contribution is -0.152. The van der Waals surface area contributed by atoms with Crippen LogP contribution in [-0.4, -0.2) is 301 Å². The summed E-state index contributed by atoms with van der Waals surface area (Å²) in [7, 11) is 3.61. The first-order chi connectivity index (χ1) is 63.7. The maximum absolute atomic E-state index is 15.7. The Morgan fingerprint density at radius 3 is 1.71 bits per heavy atom. The number of thioether (sulfide) groups is 1. The molecule has 134 heavy (non-hydrogen) atoms. The van der Waals surface area contributed by atoms with Crippen molar-refractivity contribution in [2.24, 2.45) is 17.4 Å². The molecule has 1 aromatic heterocycles. The number of morpholine rings is 1. The van der Waals surface area contributed by atoms with E-state index in [1.54, 1.807) is 67.7 Å². The second-order valence-electron chi connectivity index (χ2n) is 33.4. The number of carboxylic acid groups (broad SMARTS) is 2. The number of nitrogens with one attached hydrogen (secondary N) is 10. The summed E-state index contributed by atoms with van der Waals surface area (Å²) < 4.78 is 50.9. The van der Waals surface area contributed by atoms with E-state index in [-0.39, 0.29) is 93.8 Å². The molecule has 0 bridgehead atoms. The van der Waals surface area contributed by atoms with Crippen LogP contribution in [-0.2, 0) is 118 Å². The third-order valence-corrected chi connectivity index (χ3v) is 24.4. The van der Waals surface area contributed by atoms with Crippen LogP contribution in [0, 0.1) is 23.4 Å². The van der Waals surface area contributed by atoms with Crippen LogP contribution < -0.4 is 59.3 Å². The molecular formula is C91H114F3N17O22S. The number of phenols is 2. The number of nitrogens with zero attached hydrogens (tertiary/aromatic N) is 5. The lowest BCUT2D eigenvalue weighted by Gasteiger charge is -2.38. The molecule has 0 unspecified atom stereocenters. The van der Waals surface area contributed by atoms with E-state index in [0.29, 0.717) is 52.3 Å². The highest BCUT2D eigenvalue weighted by Gasteiger charge is 2.46. The van der Waals surface area contributed by atoms with Gasteiger partial charge in [-0.05, 0) is 115 Å². The zero-order valence-electron chi connectivity index (χ0n) is 74.8. The number of nitrogens with two attached hydrogens (primary N) is 2. The van der Waals surface area contributed by atoms with Gasteiger partial charge in [0.1, 0.15) is 90.0 Å². The summed E-state index contributed by atoms with van der Waals surface area (Å²) in [5.74, 6) is -27.1. The fourth-order valence-electron chi connectivity index (χ4n) is 16.0. The molecule has 0 spiro atoms. The molecule has 18 N–H and O–H groups in total. The van der Waals surface area contributed by atoms with Crippen LogP contribution in [0.5, 0.6) is 11.5 Å². The number of carbonyl (C=O) groups is 17. The van der Waals surface area contributed by atoms with Crippen molar-refractivity contribution in [2.75, 3.05) is 72.0 Å². The summed E-state index contributed by atoms with van der Waals surface area (Å²) in [4.78, 5) is 258. The minimum absolute atomic E-state index is 0.0751. The molecule has 9 rings (SSSR count). The van der Waals surface area contributed by atoms with Crippen LogP contribution in [0.15, 0.2) is 121 Å². The quantitative estimate of drug-likeness (QED) is 0.0354. The normalized spacial score (nSPS) is 23.5. The number of hydrogen-bond donors (Lipinski definition) is 16. The SMILES string of the molecule is CCCC[C@H]1C(=O)N2CCC[C@@H]2C(=O)N[C@@H](CC(=O)O)C(=O)N[C@H](C(C)C)C(=O)N(C)[C@@H](Cc2ccccc2)C(=O)N[C@@H](CCN)C(=O)N2CCOC[C@@H]2C(=O)N[C@H](Cc2c[nH]c3ccccc23)C(=O)N[C@@H](Cc2ccc(O)cc2)C(=O)N[C@@H](CCC(=O)O)C(=O)N[C@H](C(=O)NCC(N)=O)CSCC(=O)N[C@@H](Cc2cc(F)c(F)c(F)c2)C(=O)N(C)[C@@H](Cc2ccc(O)cc2)C(=O)N1C. The van der Waals surface area contributed by atoms with Gasteiger partial charge >= 0.3 is 11.9 Å². The van der Waals surface area contributed by atoms with E-state index in [1.165, 1.54) is 76.5 Å². The number of benzene rings is 5. The Morgan fingerprint density at radius 1 is 0.537 bits per heavy atom. The molecule has 3 fully saturated rings. The molecule has 0 aliphatic carbocycles. The number of rotatable bonds is 24. The van der Waals surface area contributed by atoms with Crippen molar-refractivity contribution in [1.29, 1.82) is 0 Å². The van der Waals surface area contributed by atoms with Crippen LogP contribution in [0.3, 0.4) is 0 Å². The number of aromatic amines is 1. The Morgan fingerprint density at radius 2 is 1.08 bits per heavy atom. The number of carboxylic acids is 2. The van der Waals surface area contributed by atoms with Gasteiger partial charge in [0.05, 0.1) is 31.9 Å². The monoisotopic (exact) mass is 1890 g/mol. The number of aliphatic carboxylic acids is 2. The summed E-state index contributed by atoms with van der Waals surface area (Å²) in [5.41, 5.74) is 13.2. The minimum Gasteiger partial charge on any atom is -0.508 e. The van der Waals surface area contributed by atoms with Gasteiger partial charge in [-0.1, -0.05) is 106 Å². The predicted molar refractivity (Wildman–Crippen MR) is 479 cm³/mol. The molecular weight excluding hydrogens is 1770 g/mol. The van der Waals surface area contributed by atoms with Crippen molar-refractivity contribution < 1.29 is 120 Å². The van der Waals surface area contributed by atoms with Gasteiger partial charge in [0.2, 0.25) is 88.6 Å². The summed E-state index contributed by atoms with van der Waals surface area (Å²) in [5, 5.41) is 64.5.